The number of rotatable bonds is 3. The van der Waals surface area contributed by atoms with Gasteiger partial charge in [-0.15, -0.1) is 0 Å². The highest BCUT2D eigenvalue weighted by molar-refractivity contribution is 6.02. The molecule has 0 unspecified atom stereocenters. The van der Waals surface area contributed by atoms with Crippen LogP contribution in [0.4, 0.5) is 6.01 Å². The molecule has 0 aliphatic rings. The molecule has 0 bridgehead atoms. The van der Waals surface area contributed by atoms with Crippen LogP contribution < -0.4 is 5.32 Å². The number of carboxylic acids is 1. The van der Waals surface area contributed by atoms with Gasteiger partial charge in [-0.25, -0.2) is 9.78 Å². The van der Waals surface area contributed by atoms with Crippen molar-refractivity contribution >= 4 is 17.9 Å². The molecule has 2 rings (SSSR count). The van der Waals surface area contributed by atoms with Crippen LogP contribution in [-0.4, -0.2) is 32.1 Å². The van der Waals surface area contributed by atoms with Crippen LogP contribution in [-0.2, 0) is 0 Å². The maximum atomic E-state index is 11.7. The molecule has 1 amide bonds. The van der Waals surface area contributed by atoms with Crippen LogP contribution in [0.15, 0.2) is 22.7 Å². The van der Waals surface area contributed by atoms with Gasteiger partial charge in [0.25, 0.3) is 5.91 Å². The van der Waals surface area contributed by atoms with E-state index in [-0.39, 0.29) is 17.4 Å². The number of anilines is 1. The van der Waals surface area contributed by atoms with Crippen molar-refractivity contribution in [2.45, 2.75) is 6.92 Å². The predicted molar refractivity (Wildman–Crippen MR) is 58.2 cm³/mol. The number of aryl methyl sites for hydroxylation is 1. The first kappa shape index (κ1) is 11.7. The number of carboxylic acid groups (broad SMARTS) is 1. The molecule has 0 radical (unpaired) electrons. The third kappa shape index (κ3) is 2.48. The summed E-state index contributed by atoms with van der Waals surface area (Å²) in [5, 5.41) is 14.6. The number of pyridine rings is 1. The van der Waals surface area contributed by atoms with E-state index in [9.17, 15) is 9.59 Å². The summed E-state index contributed by atoms with van der Waals surface area (Å²) in [7, 11) is 0. The lowest BCUT2D eigenvalue weighted by Crippen LogP contribution is -2.15. The fourth-order valence-corrected chi connectivity index (χ4v) is 1.19. The molecule has 2 heterocycles. The first-order chi connectivity index (χ1) is 8.56. The first-order valence-electron chi connectivity index (χ1n) is 4.88. The fourth-order valence-electron chi connectivity index (χ4n) is 1.19. The highest BCUT2D eigenvalue weighted by Gasteiger charge is 2.13. The minimum atomic E-state index is -1.21. The third-order valence-corrected chi connectivity index (χ3v) is 1.95. The fraction of sp³-hybridized carbons (Fsp3) is 0.100. The Balaban J connectivity index is 2.18. The van der Waals surface area contributed by atoms with Gasteiger partial charge in [-0.05, 0) is 19.1 Å². The Morgan fingerprint density at radius 1 is 1.28 bits per heavy atom. The quantitative estimate of drug-likeness (QED) is 0.821. The molecule has 0 spiro atoms. The number of aromatic nitrogens is 3. The van der Waals surface area contributed by atoms with Gasteiger partial charge in [-0.1, -0.05) is 11.2 Å². The van der Waals surface area contributed by atoms with Gasteiger partial charge in [0.1, 0.15) is 11.4 Å². The van der Waals surface area contributed by atoms with Crippen LogP contribution in [0.2, 0.25) is 0 Å². The highest BCUT2D eigenvalue weighted by Crippen LogP contribution is 2.06. The van der Waals surface area contributed by atoms with Gasteiger partial charge >= 0.3 is 12.0 Å². The summed E-state index contributed by atoms with van der Waals surface area (Å²) in [6, 6.07) is 4.02. The normalized spacial score (nSPS) is 10.1. The molecular formula is C10H8N4O4. The van der Waals surface area contributed by atoms with Crippen molar-refractivity contribution < 1.29 is 19.2 Å². The van der Waals surface area contributed by atoms with Gasteiger partial charge in [0, 0.05) is 0 Å². The molecule has 2 aromatic rings. The molecule has 8 heteroatoms. The second-order valence-electron chi connectivity index (χ2n) is 3.31. The standard InChI is InChI=1S/C10H8N4O4/c1-5-11-10(18-14-5)13-8(15)6-3-2-4-7(12-6)9(16)17/h2-4H,1H3,(H,16,17)(H,11,13,14,15). The summed E-state index contributed by atoms with van der Waals surface area (Å²) in [6.07, 6.45) is 0. The zero-order chi connectivity index (χ0) is 13.1. The van der Waals surface area contributed by atoms with E-state index in [4.69, 9.17) is 9.63 Å². The summed E-state index contributed by atoms with van der Waals surface area (Å²) < 4.78 is 4.70. The Hall–Kier alpha value is -2.77. The Bertz CT molecular complexity index is 607. The molecule has 92 valence electrons. The minimum Gasteiger partial charge on any atom is -0.477 e. The maximum absolute atomic E-state index is 11.7. The molecule has 8 nitrogen and oxygen atoms in total. The van der Waals surface area contributed by atoms with Crippen molar-refractivity contribution in [1.82, 2.24) is 15.1 Å². The van der Waals surface area contributed by atoms with Gasteiger partial charge in [-0.2, -0.15) is 4.98 Å². The molecule has 0 atom stereocenters. The molecule has 0 fully saturated rings. The van der Waals surface area contributed by atoms with E-state index in [0.29, 0.717) is 5.82 Å². The Kier molecular flexibility index (Phi) is 3.00. The largest absolute Gasteiger partial charge is 0.477 e. The Morgan fingerprint density at radius 3 is 2.61 bits per heavy atom. The van der Waals surface area contributed by atoms with Crippen molar-refractivity contribution in [3.63, 3.8) is 0 Å². The smallest absolute Gasteiger partial charge is 0.354 e. The average Bonchev–Trinajstić information content (AvgIpc) is 2.75. The van der Waals surface area contributed by atoms with Gasteiger partial charge in [0.2, 0.25) is 0 Å². The monoisotopic (exact) mass is 248 g/mol. The van der Waals surface area contributed by atoms with Crippen LogP contribution in [0, 0.1) is 6.92 Å². The molecular weight excluding hydrogens is 240 g/mol. The lowest BCUT2D eigenvalue weighted by molar-refractivity contribution is 0.0690. The van der Waals surface area contributed by atoms with E-state index < -0.39 is 11.9 Å². The number of hydrogen-bond donors (Lipinski definition) is 2. The summed E-state index contributed by atoms with van der Waals surface area (Å²) in [5.74, 6) is -1.46. The zero-order valence-electron chi connectivity index (χ0n) is 9.25. The van der Waals surface area contributed by atoms with Gasteiger partial charge in [0.15, 0.2) is 5.82 Å². The molecule has 0 saturated carbocycles. The Labute approximate surface area is 101 Å². The number of nitrogens with one attached hydrogen (secondary N) is 1. The SMILES string of the molecule is Cc1noc(NC(=O)c2cccc(C(=O)O)n2)n1. The zero-order valence-corrected chi connectivity index (χ0v) is 9.25. The molecule has 0 aliphatic heterocycles. The van der Waals surface area contributed by atoms with E-state index in [2.05, 4.69) is 20.4 Å². The molecule has 2 aromatic heterocycles. The first-order valence-corrected chi connectivity index (χ1v) is 4.88. The lowest BCUT2D eigenvalue weighted by Gasteiger charge is -2.00. The maximum Gasteiger partial charge on any atom is 0.354 e. The molecule has 0 saturated heterocycles. The summed E-state index contributed by atoms with van der Waals surface area (Å²) in [5.41, 5.74) is -0.268. The van der Waals surface area contributed by atoms with E-state index in [1.807, 2.05) is 0 Å². The van der Waals surface area contributed by atoms with Crippen LogP contribution in [0.3, 0.4) is 0 Å². The van der Waals surface area contributed by atoms with E-state index >= 15 is 0 Å². The van der Waals surface area contributed by atoms with Crippen LogP contribution in [0.5, 0.6) is 0 Å². The highest BCUT2D eigenvalue weighted by atomic mass is 16.5. The number of carbonyl (C=O) groups excluding carboxylic acids is 1. The molecule has 0 aliphatic carbocycles. The molecule has 18 heavy (non-hydrogen) atoms. The summed E-state index contributed by atoms with van der Waals surface area (Å²) in [6.45, 7) is 1.60. The van der Waals surface area contributed by atoms with E-state index in [1.54, 1.807) is 6.92 Å². The molecule has 0 aromatic carbocycles. The van der Waals surface area contributed by atoms with Crippen LogP contribution >= 0.6 is 0 Å². The number of hydrogen-bond acceptors (Lipinski definition) is 6. The Morgan fingerprint density at radius 2 is 2.00 bits per heavy atom. The number of aromatic carboxylic acids is 1. The second-order valence-corrected chi connectivity index (χ2v) is 3.31. The number of amides is 1. The summed E-state index contributed by atoms with van der Waals surface area (Å²) >= 11 is 0. The van der Waals surface area contributed by atoms with E-state index in [0.717, 1.165) is 0 Å². The van der Waals surface area contributed by atoms with Crippen molar-refractivity contribution in [2.75, 3.05) is 5.32 Å². The van der Waals surface area contributed by atoms with Crippen molar-refractivity contribution in [1.29, 1.82) is 0 Å². The minimum absolute atomic E-state index is 0.0502. The van der Waals surface area contributed by atoms with Gasteiger partial charge in [-0.3, -0.25) is 10.1 Å². The number of carbonyl (C=O) groups is 2. The van der Waals surface area contributed by atoms with Crippen LogP contribution in [0.25, 0.3) is 0 Å². The van der Waals surface area contributed by atoms with E-state index in [1.165, 1.54) is 18.2 Å². The van der Waals surface area contributed by atoms with Gasteiger partial charge < -0.3 is 9.63 Å². The topological polar surface area (TPSA) is 118 Å². The van der Waals surface area contributed by atoms with Gasteiger partial charge in [0.05, 0.1) is 0 Å². The second kappa shape index (κ2) is 4.62. The average molecular weight is 248 g/mol. The van der Waals surface area contributed by atoms with Crippen molar-refractivity contribution in [3.05, 3.63) is 35.4 Å². The summed E-state index contributed by atoms with van der Waals surface area (Å²) in [4.78, 5) is 29.9. The van der Waals surface area contributed by atoms with Crippen LogP contribution in [0.1, 0.15) is 26.8 Å². The van der Waals surface area contributed by atoms with Crippen molar-refractivity contribution in [2.24, 2.45) is 0 Å². The number of nitrogens with zero attached hydrogens (tertiary/aromatic N) is 3. The van der Waals surface area contributed by atoms with Crippen molar-refractivity contribution in [3.8, 4) is 0 Å². The lowest BCUT2D eigenvalue weighted by atomic mass is 10.3. The molecule has 2 N–H and O–H groups in total. The third-order valence-electron chi connectivity index (χ3n) is 1.95. The predicted octanol–water partition coefficient (Wildman–Crippen LogP) is 0.724.